The molecule has 0 atom stereocenters. The third kappa shape index (κ3) is 5.37. The number of hydrogen-bond acceptors (Lipinski definition) is 2. The zero-order chi connectivity index (χ0) is 7.98. The van der Waals surface area contributed by atoms with E-state index in [9.17, 15) is 4.79 Å². The number of urea groups is 1. The first kappa shape index (κ1) is 9.23. The largest absolute Gasteiger partial charge is 0.395 e. The fourth-order valence-corrected chi connectivity index (χ4v) is 0.483. The standard InChI is InChI=1S/C6H14N2O2/c1-5(2)8-6(10)7-3-4-9/h5,9H,3-4H2,1-2H3,(H2,7,8,10). The maximum absolute atomic E-state index is 10.7. The first-order valence-corrected chi connectivity index (χ1v) is 3.32. The van der Waals surface area contributed by atoms with Gasteiger partial charge in [0.1, 0.15) is 0 Å². The van der Waals surface area contributed by atoms with Crippen LogP contribution >= 0.6 is 0 Å². The van der Waals surface area contributed by atoms with E-state index in [0.717, 1.165) is 0 Å². The third-order valence-corrected chi connectivity index (χ3v) is 0.817. The second kappa shape index (κ2) is 5.05. The predicted molar refractivity (Wildman–Crippen MR) is 38.8 cm³/mol. The van der Waals surface area contributed by atoms with Gasteiger partial charge in [-0.05, 0) is 13.8 Å². The molecule has 3 N–H and O–H groups in total. The molecule has 0 saturated heterocycles. The quantitative estimate of drug-likeness (QED) is 0.511. The van der Waals surface area contributed by atoms with Crippen LogP contribution in [0.4, 0.5) is 4.79 Å². The highest BCUT2D eigenvalue weighted by molar-refractivity contribution is 5.73. The molecule has 0 bridgehead atoms. The van der Waals surface area contributed by atoms with Crippen molar-refractivity contribution in [1.29, 1.82) is 0 Å². The summed E-state index contributed by atoms with van der Waals surface area (Å²) in [5.74, 6) is 0. The molecule has 60 valence electrons. The van der Waals surface area contributed by atoms with Gasteiger partial charge in [0, 0.05) is 12.6 Å². The first-order chi connectivity index (χ1) is 4.66. The molecule has 0 fully saturated rings. The minimum atomic E-state index is -0.232. The summed E-state index contributed by atoms with van der Waals surface area (Å²) < 4.78 is 0. The molecular weight excluding hydrogens is 132 g/mol. The van der Waals surface area contributed by atoms with Crippen molar-refractivity contribution in [3.05, 3.63) is 0 Å². The Balaban J connectivity index is 3.26. The van der Waals surface area contributed by atoms with Crippen LogP contribution in [0.15, 0.2) is 0 Å². The van der Waals surface area contributed by atoms with Gasteiger partial charge in [0.2, 0.25) is 0 Å². The summed E-state index contributed by atoms with van der Waals surface area (Å²) in [7, 11) is 0. The molecule has 4 nitrogen and oxygen atoms in total. The second-order valence-electron chi connectivity index (χ2n) is 2.28. The van der Waals surface area contributed by atoms with Crippen molar-refractivity contribution >= 4 is 6.03 Å². The van der Waals surface area contributed by atoms with E-state index in [2.05, 4.69) is 10.6 Å². The number of amides is 2. The number of nitrogens with one attached hydrogen (secondary N) is 2. The summed E-state index contributed by atoms with van der Waals surface area (Å²) in [4.78, 5) is 10.7. The smallest absolute Gasteiger partial charge is 0.315 e. The number of rotatable bonds is 3. The van der Waals surface area contributed by atoms with Crippen LogP contribution in [0.1, 0.15) is 13.8 Å². The van der Waals surface area contributed by atoms with Gasteiger partial charge in [0.05, 0.1) is 6.61 Å². The molecule has 0 aromatic heterocycles. The van der Waals surface area contributed by atoms with Gasteiger partial charge >= 0.3 is 6.03 Å². The summed E-state index contributed by atoms with van der Waals surface area (Å²) >= 11 is 0. The van der Waals surface area contributed by atoms with E-state index in [1.54, 1.807) is 0 Å². The van der Waals surface area contributed by atoms with Crippen molar-refractivity contribution in [3.63, 3.8) is 0 Å². The van der Waals surface area contributed by atoms with Crippen LogP contribution in [0, 0.1) is 0 Å². The van der Waals surface area contributed by atoms with E-state index in [1.165, 1.54) is 0 Å². The Bertz CT molecular complexity index is 104. The monoisotopic (exact) mass is 146 g/mol. The van der Waals surface area contributed by atoms with E-state index < -0.39 is 0 Å². The number of carbonyl (C=O) groups excluding carboxylic acids is 1. The van der Waals surface area contributed by atoms with Crippen LogP contribution in [0.5, 0.6) is 0 Å². The average Bonchev–Trinajstić information content (AvgIpc) is 1.82. The Morgan fingerprint density at radius 1 is 1.60 bits per heavy atom. The molecule has 0 aliphatic carbocycles. The van der Waals surface area contributed by atoms with Gasteiger partial charge in [-0.1, -0.05) is 0 Å². The van der Waals surface area contributed by atoms with Crippen molar-refractivity contribution in [2.45, 2.75) is 19.9 Å². The Hall–Kier alpha value is -0.770. The molecule has 0 radical (unpaired) electrons. The lowest BCUT2D eigenvalue weighted by Gasteiger charge is -2.08. The fourth-order valence-electron chi connectivity index (χ4n) is 0.483. The van der Waals surface area contributed by atoms with Gasteiger partial charge in [0.25, 0.3) is 0 Å². The molecule has 0 unspecified atom stereocenters. The van der Waals surface area contributed by atoms with Crippen molar-refractivity contribution in [2.75, 3.05) is 13.2 Å². The van der Waals surface area contributed by atoms with Crippen LogP contribution in [-0.2, 0) is 0 Å². The highest BCUT2D eigenvalue weighted by atomic mass is 16.3. The molecular formula is C6H14N2O2. The van der Waals surface area contributed by atoms with E-state index in [0.29, 0.717) is 6.54 Å². The normalized spacial score (nSPS) is 9.60. The van der Waals surface area contributed by atoms with Gasteiger partial charge in [-0.2, -0.15) is 0 Å². The second-order valence-corrected chi connectivity index (χ2v) is 2.28. The molecule has 0 spiro atoms. The third-order valence-electron chi connectivity index (χ3n) is 0.817. The van der Waals surface area contributed by atoms with Crippen molar-refractivity contribution in [2.24, 2.45) is 0 Å². The van der Waals surface area contributed by atoms with E-state index >= 15 is 0 Å². The minimum absolute atomic E-state index is 0.0223. The summed E-state index contributed by atoms with van der Waals surface area (Å²) in [5.41, 5.74) is 0. The topological polar surface area (TPSA) is 61.4 Å². The SMILES string of the molecule is CC(C)NC(=O)NCCO. The zero-order valence-corrected chi connectivity index (χ0v) is 6.35. The first-order valence-electron chi connectivity index (χ1n) is 3.32. The van der Waals surface area contributed by atoms with Crippen LogP contribution in [0.3, 0.4) is 0 Å². The van der Waals surface area contributed by atoms with Crippen molar-refractivity contribution < 1.29 is 9.90 Å². The van der Waals surface area contributed by atoms with Gasteiger partial charge in [-0.3, -0.25) is 0 Å². The van der Waals surface area contributed by atoms with Crippen LogP contribution < -0.4 is 10.6 Å². The van der Waals surface area contributed by atoms with Crippen LogP contribution in [0.25, 0.3) is 0 Å². The van der Waals surface area contributed by atoms with E-state index in [1.807, 2.05) is 13.8 Å². The van der Waals surface area contributed by atoms with Gasteiger partial charge in [-0.15, -0.1) is 0 Å². The average molecular weight is 146 g/mol. The summed E-state index contributed by atoms with van der Waals surface area (Å²) in [6.45, 7) is 4.03. The van der Waals surface area contributed by atoms with Crippen LogP contribution in [0.2, 0.25) is 0 Å². The lowest BCUT2D eigenvalue weighted by Crippen LogP contribution is -2.40. The van der Waals surface area contributed by atoms with Gasteiger partial charge in [-0.25, -0.2) is 4.79 Å². The van der Waals surface area contributed by atoms with Gasteiger partial charge < -0.3 is 15.7 Å². The molecule has 4 heteroatoms. The molecule has 2 amide bonds. The van der Waals surface area contributed by atoms with Crippen molar-refractivity contribution in [3.8, 4) is 0 Å². The molecule has 0 aliphatic rings. The minimum Gasteiger partial charge on any atom is -0.395 e. The Kier molecular flexibility index (Phi) is 4.66. The number of hydrogen-bond donors (Lipinski definition) is 3. The molecule has 10 heavy (non-hydrogen) atoms. The number of aliphatic hydroxyl groups is 1. The maximum Gasteiger partial charge on any atom is 0.315 e. The zero-order valence-electron chi connectivity index (χ0n) is 6.35. The molecule has 0 aliphatic heterocycles. The summed E-state index contributed by atoms with van der Waals surface area (Å²) in [6, 6.07) is -0.0947. The maximum atomic E-state index is 10.7. The Labute approximate surface area is 60.6 Å². The van der Waals surface area contributed by atoms with E-state index in [4.69, 9.17) is 5.11 Å². The fraction of sp³-hybridized carbons (Fsp3) is 0.833. The summed E-state index contributed by atoms with van der Waals surface area (Å²) in [6.07, 6.45) is 0. The lowest BCUT2D eigenvalue weighted by molar-refractivity contribution is 0.232. The Morgan fingerprint density at radius 3 is 2.60 bits per heavy atom. The van der Waals surface area contributed by atoms with Gasteiger partial charge in [0.15, 0.2) is 0 Å². The summed E-state index contributed by atoms with van der Waals surface area (Å²) in [5, 5.41) is 13.4. The molecule has 0 saturated carbocycles. The highest BCUT2D eigenvalue weighted by Crippen LogP contribution is 1.74. The Morgan fingerprint density at radius 2 is 2.20 bits per heavy atom. The van der Waals surface area contributed by atoms with E-state index in [-0.39, 0.29) is 18.7 Å². The molecule has 0 aromatic rings. The molecule has 0 heterocycles. The highest BCUT2D eigenvalue weighted by Gasteiger charge is 1.98. The lowest BCUT2D eigenvalue weighted by atomic mass is 10.4. The van der Waals surface area contributed by atoms with Crippen molar-refractivity contribution in [1.82, 2.24) is 10.6 Å². The molecule has 0 aromatic carbocycles. The molecule has 0 rings (SSSR count). The number of aliphatic hydroxyl groups excluding tert-OH is 1. The predicted octanol–water partition coefficient (Wildman–Crippen LogP) is -0.314. The van der Waals surface area contributed by atoms with Crippen LogP contribution in [-0.4, -0.2) is 30.3 Å². The number of carbonyl (C=O) groups is 1.